The van der Waals surface area contributed by atoms with Crippen molar-refractivity contribution in [2.75, 3.05) is 5.32 Å². The Kier molecular flexibility index (Phi) is 5.73. The van der Waals surface area contributed by atoms with Gasteiger partial charge in [-0.1, -0.05) is 17.7 Å². The number of halogens is 1. The highest BCUT2D eigenvalue weighted by Gasteiger charge is 2.22. The third kappa shape index (κ3) is 4.99. The number of carbonyl (C=O) groups is 1. The van der Waals surface area contributed by atoms with Crippen LogP contribution in [0.25, 0.3) is 0 Å². The number of rotatable bonds is 6. The zero-order valence-electron chi connectivity index (χ0n) is 13.0. The molecule has 0 saturated carbocycles. The summed E-state index contributed by atoms with van der Waals surface area (Å²) < 4.78 is 26.7. The van der Waals surface area contributed by atoms with E-state index in [0.717, 1.165) is 0 Å². The Morgan fingerprint density at radius 3 is 2.44 bits per heavy atom. The third-order valence-corrected chi connectivity index (χ3v) is 4.98. The van der Waals surface area contributed by atoms with Crippen LogP contribution in [0.4, 0.5) is 11.4 Å². The van der Waals surface area contributed by atoms with Crippen LogP contribution < -0.4 is 10.0 Å². The highest BCUT2D eigenvalue weighted by atomic mass is 35.5. The van der Waals surface area contributed by atoms with E-state index in [2.05, 4.69) is 10.0 Å². The number of nitro groups is 1. The second-order valence-electron chi connectivity index (χ2n) is 5.09. The molecule has 132 valence electrons. The van der Waals surface area contributed by atoms with Gasteiger partial charge in [-0.25, -0.2) is 8.42 Å². The third-order valence-electron chi connectivity index (χ3n) is 3.17. The Hall–Kier alpha value is -2.49. The van der Waals surface area contributed by atoms with Gasteiger partial charge in [0.25, 0.3) is 5.69 Å². The summed E-state index contributed by atoms with van der Waals surface area (Å²) in [7, 11) is -3.91. The standard InChI is InChI=1S/C15H14ClN3O5S/c1-10(18-25(23,24)14-7-5-11(16)6-8-14)15(20)17-12-3-2-4-13(9-12)19(21)22/h2-10,18H,1H3,(H,17,20)/t10-/m0/s1. The van der Waals surface area contributed by atoms with E-state index in [1.807, 2.05) is 0 Å². The predicted octanol–water partition coefficient (Wildman–Crippen LogP) is 2.55. The molecule has 1 amide bonds. The fourth-order valence-corrected chi connectivity index (χ4v) is 3.24. The first kappa shape index (κ1) is 18.8. The second kappa shape index (κ2) is 7.60. The maximum Gasteiger partial charge on any atom is 0.271 e. The van der Waals surface area contributed by atoms with Crippen LogP contribution in [0.2, 0.25) is 5.02 Å². The Morgan fingerprint density at radius 1 is 1.20 bits per heavy atom. The van der Waals surface area contributed by atoms with Crippen LogP contribution in [0.5, 0.6) is 0 Å². The van der Waals surface area contributed by atoms with Gasteiger partial charge in [-0.2, -0.15) is 4.72 Å². The Labute approximate surface area is 149 Å². The molecule has 0 aliphatic carbocycles. The Bertz CT molecular complexity index is 900. The van der Waals surface area contributed by atoms with Crippen molar-refractivity contribution >= 4 is 38.9 Å². The van der Waals surface area contributed by atoms with Gasteiger partial charge in [-0.05, 0) is 37.3 Å². The summed E-state index contributed by atoms with van der Waals surface area (Å²) >= 11 is 5.72. The highest BCUT2D eigenvalue weighted by Crippen LogP contribution is 2.18. The highest BCUT2D eigenvalue weighted by molar-refractivity contribution is 7.89. The van der Waals surface area contributed by atoms with Crippen molar-refractivity contribution in [2.45, 2.75) is 17.9 Å². The molecule has 0 saturated heterocycles. The van der Waals surface area contributed by atoms with Crippen molar-refractivity contribution < 1.29 is 18.1 Å². The molecule has 2 rings (SSSR count). The number of nitro benzene ring substituents is 1. The van der Waals surface area contributed by atoms with E-state index in [-0.39, 0.29) is 16.3 Å². The van der Waals surface area contributed by atoms with E-state index in [9.17, 15) is 23.3 Å². The van der Waals surface area contributed by atoms with Crippen molar-refractivity contribution in [3.05, 3.63) is 63.7 Å². The molecule has 0 bridgehead atoms. The molecular weight excluding hydrogens is 370 g/mol. The van der Waals surface area contributed by atoms with Gasteiger partial charge in [0.1, 0.15) is 0 Å². The lowest BCUT2D eigenvalue weighted by Gasteiger charge is -2.14. The molecule has 2 aromatic carbocycles. The Balaban J connectivity index is 2.08. The quantitative estimate of drug-likeness (QED) is 0.587. The fourth-order valence-electron chi connectivity index (χ4n) is 1.92. The molecule has 0 aliphatic heterocycles. The largest absolute Gasteiger partial charge is 0.324 e. The summed E-state index contributed by atoms with van der Waals surface area (Å²) in [5, 5.41) is 13.5. The number of anilines is 1. The smallest absolute Gasteiger partial charge is 0.271 e. The number of benzene rings is 2. The molecule has 0 aromatic heterocycles. The van der Waals surface area contributed by atoms with Crippen LogP contribution >= 0.6 is 11.6 Å². The molecule has 0 spiro atoms. The average molecular weight is 384 g/mol. The minimum absolute atomic E-state index is 0.0353. The zero-order chi connectivity index (χ0) is 18.6. The van der Waals surface area contributed by atoms with Crippen molar-refractivity contribution in [3.63, 3.8) is 0 Å². The molecular formula is C15H14ClN3O5S. The van der Waals surface area contributed by atoms with E-state index >= 15 is 0 Å². The minimum atomic E-state index is -3.91. The average Bonchev–Trinajstić information content (AvgIpc) is 2.55. The van der Waals surface area contributed by atoms with Gasteiger partial charge in [0.05, 0.1) is 15.9 Å². The fraction of sp³-hybridized carbons (Fsp3) is 0.133. The topological polar surface area (TPSA) is 118 Å². The van der Waals surface area contributed by atoms with Crippen LogP contribution in [-0.4, -0.2) is 25.3 Å². The van der Waals surface area contributed by atoms with E-state index in [1.54, 1.807) is 0 Å². The number of hydrogen-bond donors (Lipinski definition) is 2. The zero-order valence-corrected chi connectivity index (χ0v) is 14.5. The maximum absolute atomic E-state index is 12.2. The summed E-state index contributed by atoms with van der Waals surface area (Å²) in [6.45, 7) is 1.36. The number of hydrogen-bond acceptors (Lipinski definition) is 5. The molecule has 8 nitrogen and oxygen atoms in total. The molecule has 0 aliphatic rings. The van der Waals surface area contributed by atoms with Crippen molar-refractivity contribution in [2.24, 2.45) is 0 Å². The van der Waals surface area contributed by atoms with Crippen molar-refractivity contribution in [1.82, 2.24) is 4.72 Å². The summed E-state index contributed by atoms with van der Waals surface area (Å²) in [5.74, 6) is -0.655. The summed E-state index contributed by atoms with van der Waals surface area (Å²) in [6, 6.07) is 9.71. The van der Waals surface area contributed by atoms with Crippen LogP contribution in [0.15, 0.2) is 53.4 Å². The van der Waals surface area contributed by atoms with Gasteiger partial charge >= 0.3 is 0 Å². The summed E-state index contributed by atoms with van der Waals surface area (Å²) in [4.78, 5) is 22.2. The monoisotopic (exact) mass is 383 g/mol. The first-order chi connectivity index (χ1) is 11.7. The summed E-state index contributed by atoms with van der Waals surface area (Å²) in [5.41, 5.74) is 0.00365. The van der Waals surface area contributed by atoms with Gasteiger partial charge in [0.2, 0.25) is 15.9 Å². The number of sulfonamides is 1. The number of non-ortho nitro benzene ring substituents is 1. The first-order valence-electron chi connectivity index (χ1n) is 7.02. The molecule has 0 fully saturated rings. The molecule has 2 N–H and O–H groups in total. The van der Waals surface area contributed by atoms with Gasteiger partial charge < -0.3 is 5.32 Å². The molecule has 1 atom stereocenters. The van der Waals surface area contributed by atoms with Crippen LogP contribution in [0.3, 0.4) is 0 Å². The number of amides is 1. The van der Waals surface area contributed by atoms with E-state index < -0.39 is 26.9 Å². The molecule has 25 heavy (non-hydrogen) atoms. The molecule has 10 heteroatoms. The van der Waals surface area contributed by atoms with Crippen LogP contribution in [-0.2, 0) is 14.8 Å². The van der Waals surface area contributed by atoms with Crippen LogP contribution in [0.1, 0.15) is 6.92 Å². The van der Waals surface area contributed by atoms with E-state index in [4.69, 9.17) is 11.6 Å². The molecule has 0 radical (unpaired) electrons. The molecule has 0 unspecified atom stereocenters. The summed E-state index contributed by atoms with van der Waals surface area (Å²) in [6.07, 6.45) is 0. The van der Waals surface area contributed by atoms with Gasteiger partial charge in [-0.15, -0.1) is 0 Å². The lowest BCUT2D eigenvalue weighted by atomic mass is 10.2. The normalized spacial score (nSPS) is 12.4. The van der Waals surface area contributed by atoms with Gasteiger partial charge in [0.15, 0.2) is 0 Å². The lowest BCUT2D eigenvalue weighted by Crippen LogP contribution is -2.41. The van der Waals surface area contributed by atoms with Crippen molar-refractivity contribution in [1.29, 1.82) is 0 Å². The number of carbonyl (C=O) groups excluding carboxylic acids is 1. The Morgan fingerprint density at radius 2 is 1.84 bits per heavy atom. The number of nitrogens with zero attached hydrogens (tertiary/aromatic N) is 1. The number of nitrogens with one attached hydrogen (secondary N) is 2. The van der Waals surface area contributed by atoms with E-state index in [1.165, 1.54) is 55.5 Å². The minimum Gasteiger partial charge on any atom is -0.324 e. The SMILES string of the molecule is C[C@H](NS(=O)(=O)c1ccc(Cl)cc1)C(=O)Nc1cccc([N+](=O)[O-])c1. The van der Waals surface area contributed by atoms with Crippen molar-refractivity contribution in [3.8, 4) is 0 Å². The van der Waals surface area contributed by atoms with Gasteiger partial charge in [0, 0.05) is 22.8 Å². The second-order valence-corrected chi connectivity index (χ2v) is 7.24. The van der Waals surface area contributed by atoms with Crippen LogP contribution in [0, 0.1) is 10.1 Å². The van der Waals surface area contributed by atoms with E-state index in [0.29, 0.717) is 5.02 Å². The maximum atomic E-state index is 12.2. The first-order valence-corrected chi connectivity index (χ1v) is 8.88. The molecule has 0 heterocycles. The molecule has 2 aromatic rings. The lowest BCUT2D eigenvalue weighted by molar-refractivity contribution is -0.384. The van der Waals surface area contributed by atoms with Gasteiger partial charge in [-0.3, -0.25) is 14.9 Å². The predicted molar refractivity (Wildman–Crippen MR) is 93.0 cm³/mol.